The quantitative estimate of drug-likeness (QED) is 0.153. The van der Waals surface area contributed by atoms with Crippen molar-refractivity contribution in [2.75, 3.05) is 4.90 Å². The largest absolute Gasteiger partial charge is 0.456 e. The number of rotatable bonds is 8. The van der Waals surface area contributed by atoms with E-state index in [0.717, 1.165) is 40.4 Å². The summed E-state index contributed by atoms with van der Waals surface area (Å²) in [5.74, 6) is 1.36. The van der Waals surface area contributed by atoms with E-state index in [0.29, 0.717) is 5.92 Å². The molecule has 1 aromatic heterocycles. The van der Waals surface area contributed by atoms with Crippen molar-refractivity contribution in [2.45, 2.75) is 19.3 Å². The maximum Gasteiger partial charge on any atom is 0.135 e. The van der Waals surface area contributed by atoms with Crippen molar-refractivity contribution in [3.8, 4) is 55.6 Å². The van der Waals surface area contributed by atoms with Crippen LogP contribution in [-0.4, -0.2) is 0 Å². The van der Waals surface area contributed by atoms with Crippen LogP contribution in [0.25, 0.3) is 83.5 Å². The van der Waals surface area contributed by atoms with Crippen molar-refractivity contribution in [1.29, 1.82) is 0 Å². The Balaban J connectivity index is 0.945. The number of anilines is 3. The average molecular weight is 782 g/mol. The van der Waals surface area contributed by atoms with Crippen LogP contribution in [0.3, 0.4) is 0 Å². The van der Waals surface area contributed by atoms with Crippen LogP contribution in [-0.2, 0) is 0 Å². The first-order valence-electron chi connectivity index (χ1n) is 21.2. The highest BCUT2D eigenvalue weighted by Gasteiger charge is 2.23. The van der Waals surface area contributed by atoms with Crippen LogP contribution in [0.5, 0.6) is 0 Å². The summed E-state index contributed by atoms with van der Waals surface area (Å²) in [5, 5.41) is 3.69. The van der Waals surface area contributed by atoms with Gasteiger partial charge in [-0.3, -0.25) is 0 Å². The predicted molar refractivity (Wildman–Crippen MR) is 258 cm³/mol. The Kier molecular flexibility index (Phi) is 9.24. The first-order chi connectivity index (χ1) is 30.1. The van der Waals surface area contributed by atoms with Crippen LogP contribution in [0.1, 0.15) is 30.6 Å². The van der Waals surface area contributed by atoms with Crippen molar-refractivity contribution >= 4 is 44.9 Å². The molecule has 0 aliphatic heterocycles. The fraction of sp³-hybridized carbons (Fsp3) is 0.0508. The molecule has 11 rings (SSSR count). The van der Waals surface area contributed by atoms with Crippen LogP contribution in [0, 0.1) is 0 Å². The maximum atomic E-state index is 6.38. The number of nitrogens with zero attached hydrogens (tertiary/aromatic N) is 1. The number of hydrogen-bond acceptors (Lipinski definition) is 2. The van der Waals surface area contributed by atoms with Crippen molar-refractivity contribution < 1.29 is 4.42 Å². The van der Waals surface area contributed by atoms with E-state index in [4.69, 9.17) is 4.42 Å². The molecule has 1 atom stereocenters. The molecule has 1 aliphatic rings. The highest BCUT2D eigenvalue weighted by Crippen LogP contribution is 2.45. The fourth-order valence-electron chi connectivity index (χ4n) is 9.11. The van der Waals surface area contributed by atoms with Crippen LogP contribution in [0.2, 0.25) is 0 Å². The van der Waals surface area contributed by atoms with Crippen molar-refractivity contribution in [1.82, 2.24) is 0 Å². The molecule has 1 unspecified atom stereocenters. The fourth-order valence-corrected chi connectivity index (χ4v) is 9.11. The molecule has 2 heteroatoms. The summed E-state index contributed by atoms with van der Waals surface area (Å²) < 4.78 is 6.38. The highest BCUT2D eigenvalue weighted by molar-refractivity contribution is 5.95. The number of fused-ring (bicyclic) bond motifs is 4. The van der Waals surface area contributed by atoms with E-state index in [1.807, 2.05) is 0 Å². The summed E-state index contributed by atoms with van der Waals surface area (Å²) in [4.78, 5) is 2.40. The molecule has 1 heterocycles. The van der Waals surface area contributed by atoms with Gasteiger partial charge in [0.2, 0.25) is 0 Å². The normalized spacial score (nSPS) is 13.4. The van der Waals surface area contributed by atoms with Crippen molar-refractivity contribution in [2.24, 2.45) is 0 Å². The summed E-state index contributed by atoms with van der Waals surface area (Å²) in [6.45, 7) is 2.30. The Hall–Kier alpha value is -7.68. The summed E-state index contributed by atoms with van der Waals surface area (Å²) in [5.41, 5.74) is 17.5. The SMILES string of the molecule is CC1CC=Cc2oc3ccc(N(c4ccc(-c5ccc(-c6cccc(-c7ccc8ccccc8c7)c6)cc5)cc4)c4ccccc4-c4ccc(-c5ccccc5)cc4)cc3c21. The third-order valence-corrected chi connectivity index (χ3v) is 12.3. The van der Waals surface area contributed by atoms with Gasteiger partial charge in [0.25, 0.3) is 0 Å². The van der Waals surface area contributed by atoms with Crippen LogP contribution in [0.4, 0.5) is 17.1 Å². The molecule has 0 saturated heterocycles. The van der Waals surface area contributed by atoms with E-state index in [-0.39, 0.29) is 0 Å². The topological polar surface area (TPSA) is 16.4 Å². The number of benzene rings is 9. The molecule has 0 saturated carbocycles. The number of allylic oxidation sites excluding steroid dienone is 1. The van der Waals surface area contributed by atoms with Gasteiger partial charge in [0.15, 0.2) is 0 Å². The van der Waals surface area contributed by atoms with Crippen LogP contribution >= 0.6 is 0 Å². The van der Waals surface area contributed by atoms with Gasteiger partial charge >= 0.3 is 0 Å². The first-order valence-corrected chi connectivity index (χ1v) is 21.2. The second-order valence-corrected chi connectivity index (χ2v) is 16.2. The van der Waals surface area contributed by atoms with Crippen molar-refractivity contribution in [3.63, 3.8) is 0 Å². The Morgan fingerprint density at radius 2 is 0.967 bits per heavy atom. The number of para-hydroxylation sites is 1. The molecule has 0 bridgehead atoms. The molecule has 10 aromatic rings. The second kappa shape index (κ2) is 15.5. The second-order valence-electron chi connectivity index (χ2n) is 16.2. The van der Waals surface area contributed by atoms with Gasteiger partial charge in [0.1, 0.15) is 11.3 Å². The predicted octanol–water partition coefficient (Wildman–Crippen LogP) is 16.9. The zero-order valence-electron chi connectivity index (χ0n) is 34.0. The molecular formula is C59H43NO. The zero-order valence-corrected chi connectivity index (χ0v) is 34.0. The van der Waals surface area contributed by atoms with Crippen LogP contribution < -0.4 is 4.90 Å². The Morgan fingerprint density at radius 3 is 1.72 bits per heavy atom. The lowest BCUT2D eigenvalue weighted by atomic mass is 9.90. The van der Waals surface area contributed by atoms with Crippen molar-refractivity contribution in [3.05, 3.63) is 230 Å². The summed E-state index contributed by atoms with van der Waals surface area (Å²) in [7, 11) is 0. The number of furan rings is 1. The van der Waals surface area contributed by atoms with E-state index in [1.54, 1.807) is 0 Å². The minimum atomic E-state index is 0.389. The molecule has 2 nitrogen and oxygen atoms in total. The van der Waals surface area contributed by atoms with Gasteiger partial charge in [0, 0.05) is 27.9 Å². The summed E-state index contributed by atoms with van der Waals surface area (Å²) in [6, 6.07) is 77.0. The minimum Gasteiger partial charge on any atom is -0.456 e. The molecule has 0 N–H and O–H groups in total. The van der Waals surface area contributed by atoms with Gasteiger partial charge in [-0.25, -0.2) is 0 Å². The molecule has 9 aromatic carbocycles. The van der Waals surface area contributed by atoms with Gasteiger partial charge in [-0.15, -0.1) is 0 Å². The third kappa shape index (κ3) is 6.92. The Labute approximate surface area is 357 Å². The van der Waals surface area contributed by atoms with Gasteiger partial charge < -0.3 is 9.32 Å². The molecule has 0 amide bonds. The molecule has 0 radical (unpaired) electrons. The van der Waals surface area contributed by atoms with Gasteiger partial charge in [-0.05, 0) is 128 Å². The average Bonchev–Trinajstić information content (AvgIpc) is 3.72. The Morgan fingerprint density at radius 1 is 0.426 bits per heavy atom. The van der Waals surface area contributed by atoms with E-state index >= 15 is 0 Å². The highest BCUT2D eigenvalue weighted by atomic mass is 16.3. The minimum absolute atomic E-state index is 0.389. The van der Waals surface area contributed by atoms with Gasteiger partial charge in [-0.1, -0.05) is 177 Å². The zero-order chi connectivity index (χ0) is 40.7. The maximum absolute atomic E-state index is 6.38. The van der Waals surface area contributed by atoms with E-state index < -0.39 is 0 Å². The summed E-state index contributed by atoms with van der Waals surface area (Å²) >= 11 is 0. The molecule has 0 fully saturated rings. The molecule has 290 valence electrons. The smallest absolute Gasteiger partial charge is 0.135 e. The molecule has 0 spiro atoms. The lowest BCUT2D eigenvalue weighted by Gasteiger charge is -2.28. The molecule has 61 heavy (non-hydrogen) atoms. The summed E-state index contributed by atoms with van der Waals surface area (Å²) in [6.07, 6.45) is 5.37. The standard InChI is InChI=1S/C59H43NO/c1-40-11-9-20-58-59(40)55-39-53(35-36-57(55)61-58)60(56-19-8-7-18-54(56)47-28-25-43(26-29-47)41-12-3-2-4-13-41)52-33-31-45(32-34-52)44-21-23-46(24-22-44)49-16-10-17-50(37-49)51-30-27-42-14-5-6-15-48(42)38-51/h2-10,12-40H,11H2,1H3. The van der Waals surface area contributed by atoms with E-state index in [1.165, 1.54) is 71.8 Å². The Bertz CT molecular complexity index is 3210. The molecule has 1 aliphatic carbocycles. The van der Waals surface area contributed by atoms with Gasteiger partial charge in [-0.2, -0.15) is 0 Å². The van der Waals surface area contributed by atoms with Gasteiger partial charge in [0.05, 0.1) is 5.69 Å². The van der Waals surface area contributed by atoms with Crippen LogP contribution in [0.15, 0.2) is 223 Å². The molecular weight excluding hydrogens is 739 g/mol. The van der Waals surface area contributed by atoms with E-state index in [2.05, 4.69) is 236 Å². The van der Waals surface area contributed by atoms with E-state index in [9.17, 15) is 0 Å². The lowest BCUT2D eigenvalue weighted by molar-refractivity contribution is 0.586. The third-order valence-electron chi connectivity index (χ3n) is 12.3. The first kappa shape index (κ1) is 36.4. The monoisotopic (exact) mass is 781 g/mol. The lowest BCUT2D eigenvalue weighted by Crippen LogP contribution is -2.11. The number of hydrogen-bond donors (Lipinski definition) is 0.